The Morgan fingerprint density at radius 1 is 1.11 bits per heavy atom. The topological polar surface area (TPSA) is 91.8 Å². The van der Waals surface area contributed by atoms with Crippen molar-refractivity contribution in [3.05, 3.63) is 85.6 Å². The molecule has 2 aromatic rings. The molecule has 0 bridgehead atoms. The first-order valence-electron chi connectivity index (χ1n) is 11.8. The number of carbonyl (C=O) groups is 4. The number of phenols is 1. The smallest absolute Gasteiger partial charge is 0.234 e. The Morgan fingerprint density at radius 2 is 1.92 bits per heavy atom. The van der Waals surface area contributed by atoms with Crippen LogP contribution in [0.5, 0.6) is 5.75 Å². The lowest BCUT2D eigenvalue weighted by Gasteiger charge is -2.42. The maximum atomic E-state index is 13.7. The average Bonchev–Trinajstić information content (AvgIpc) is 3.44. The number of aromatic hydroxyl groups is 1. The van der Waals surface area contributed by atoms with Gasteiger partial charge in [-0.1, -0.05) is 35.4 Å². The van der Waals surface area contributed by atoms with Gasteiger partial charge in [0.25, 0.3) is 0 Å². The predicted octanol–water partition coefficient (Wildman–Crippen LogP) is 4.74. The number of hydrogen-bond acceptors (Lipinski definition) is 6. The number of phenolic OH excluding ortho intramolecular Hbond substituents is 1. The van der Waals surface area contributed by atoms with Gasteiger partial charge in [0, 0.05) is 32.5 Å². The molecule has 0 spiro atoms. The van der Waals surface area contributed by atoms with E-state index in [1.165, 1.54) is 34.4 Å². The predicted molar refractivity (Wildman–Crippen MR) is 134 cm³/mol. The molecule has 1 fully saturated rings. The first kappa shape index (κ1) is 23.1. The molecule has 1 aromatic heterocycles. The summed E-state index contributed by atoms with van der Waals surface area (Å²) < 4.78 is 0. The van der Waals surface area contributed by atoms with E-state index in [9.17, 15) is 24.3 Å². The summed E-state index contributed by atoms with van der Waals surface area (Å²) in [7, 11) is 0. The average molecular weight is 520 g/mol. The number of likely N-dealkylation sites (tertiary alicyclic amines) is 1. The van der Waals surface area contributed by atoms with Gasteiger partial charge in [-0.15, -0.1) is 11.3 Å². The normalized spacial score (nSPS) is 27.6. The second-order valence-corrected chi connectivity index (χ2v) is 11.2. The zero-order valence-corrected chi connectivity index (χ0v) is 20.9. The maximum absolute atomic E-state index is 13.7. The molecule has 0 radical (unpaired) electrons. The van der Waals surface area contributed by atoms with Crippen molar-refractivity contribution in [1.82, 2.24) is 4.90 Å². The minimum atomic E-state index is -0.622. The monoisotopic (exact) mass is 519 g/mol. The largest absolute Gasteiger partial charge is 0.508 e. The first-order valence-corrected chi connectivity index (χ1v) is 13.1. The molecule has 1 saturated heterocycles. The lowest BCUT2D eigenvalue weighted by molar-refractivity contribution is -0.140. The third-order valence-corrected chi connectivity index (χ3v) is 9.03. The molecule has 2 heterocycles. The van der Waals surface area contributed by atoms with Gasteiger partial charge in [0.2, 0.25) is 11.8 Å². The van der Waals surface area contributed by atoms with Crippen LogP contribution in [-0.4, -0.2) is 33.4 Å². The van der Waals surface area contributed by atoms with E-state index in [0.717, 1.165) is 10.5 Å². The SMILES string of the molecule is CC1=CC(=O)C2=C(C[C@@H]3C(=CC[C@@H]4C(=O)N(Cc5cccs5)C(=O)[C@@H]43)[C@@H]2c2ccc(O)cc2Cl)C1=O. The van der Waals surface area contributed by atoms with Gasteiger partial charge in [0.15, 0.2) is 11.6 Å². The highest BCUT2D eigenvalue weighted by atomic mass is 35.5. The van der Waals surface area contributed by atoms with Gasteiger partial charge in [-0.2, -0.15) is 0 Å². The number of ketones is 2. The fourth-order valence-corrected chi connectivity index (χ4v) is 7.24. The van der Waals surface area contributed by atoms with Crippen LogP contribution in [0.4, 0.5) is 0 Å². The van der Waals surface area contributed by atoms with Gasteiger partial charge < -0.3 is 5.11 Å². The number of benzene rings is 1. The Bertz CT molecular complexity index is 1450. The van der Waals surface area contributed by atoms with Crippen LogP contribution >= 0.6 is 22.9 Å². The number of hydrogen-bond donors (Lipinski definition) is 1. The van der Waals surface area contributed by atoms with E-state index < -0.39 is 23.7 Å². The first-order chi connectivity index (χ1) is 17.3. The molecule has 2 amide bonds. The zero-order chi connectivity index (χ0) is 25.3. The summed E-state index contributed by atoms with van der Waals surface area (Å²) in [4.78, 5) is 55.9. The van der Waals surface area contributed by atoms with Gasteiger partial charge in [-0.25, -0.2) is 0 Å². The summed E-state index contributed by atoms with van der Waals surface area (Å²) in [5.41, 5.74) is 2.58. The highest BCUT2D eigenvalue weighted by Gasteiger charge is 2.56. The van der Waals surface area contributed by atoms with E-state index >= 15 is 0 Å². The van der Waals surface area contributed by atoms with Crippen molar-refractivity contribution >= 4 is 46.3 Å². The van der Waals surface area contributed by atoms with Gasteiger partial charge >= 0.3 is 0 Å². The van der Waals surface area contributed by atoms with Gasteiger partial charge in [0.1, 0.15) is 5.75 Å². The van der Waals surface area contributed by atoms with Crippen LogP contribution in [-0.2, 0) is 25.7 Å². The molecule has 1 N–H and O–H groups in total. The van der Waals surface area contributed by atoms with Crippen LogP contribution in [0.25, 0.3) is 0 Å². The number of imide groups is 1. The highest BCUT2D eigenvalue weighted by molar-refractivity contribution is 7.09. The van der Waals surface area contributed by atoms with E-state index in [1.54, 1.807) is 13.0 Å². The molecular weight excluding hydrogens is 498 g/mol. The van der Waals surface area contributed by atoms with Crippen molar-refractivity contribution in [3.8, 4) is 5.75 Å². The van der Waals surface area contributed by atoms with Crippen molar-refractivity contribution in [2.24, 2.45) is 17.8 Å². The zero-order valence-electron chi connectivity index (χ0n) is 19.4. The van der Waals surface area contributed by atoms with E-state index in [0.29, 0.717) is 28.7 Å². The van der Waals surface area contributed by atoms with Gasteiger partial charge in [0.05, 0.1) is 18.4 Å². The molecule has 8 heteroatoms. The second kappa shape index (κ2) is 8.39. The van der Waals surface area contributed by atoms with E-state index in [-0.39, 0.29) is 47.1 Å². The van der Waals surface area contributed by atoms with Crippen molar-refractivity contribution in [3.63, 3.8) is 0 Å². The number of halogens is 1. The molecule has 182 valence electrons. The minimum absolute atomic E-state index is 0.00873. The number of rotatable bonds is 3. The van der Waals surface area contributed by atoms with E-state index in [1.807, 2.05) is 23.6 Å². The van der Waals surface area contributed by atoms with Crippen LogP contribution in [0.1, 0.15) is 36.1 Å². The summed E-state index contributed by atoms with van der Waals surface area (Å²) in [6.07, 6.45) is 3.94. The summed E-state index contributed by atoms with van der Waals surface area (Å²) in [5.74, 6) is -2.98. The van der Waals surface area contributed by atoms with Gasteiger partial charge in [-0.3, -0.25) is 24.1 Å². The summed E-state index contributed by atoms with van der Waals surface area (Å²) in [6.45, 7) is 1.86. The Balaban J connectivity index is 1.47. The van der Waals surface area contributed by atoms with Crippen LogP contribution in [0.3, 0.4) is 0 Å². The van der Waals surface area contributed by atoms with Crippen molar-refractivity contribution in [1.29, 1.82) is 0 Å². The number of fused-ring (bicyclic) bond motifs is 3. The molecule has 6 nitrogen and oxygen atoms in total. The van der Waals surface area contributed by atoms with E-state index in [2.05, 4.69) is 0 Å². The number of allylic oxidation sites excluding steroid dienone is 6. The van der Waals surface area contributed by atoms with Crippen molar-refractivity contribution in [2.45, 2.75) is 32.2 Å². The minimum Gasteiger partial charge on any atom is -0.508 e. The Hall–Kier alpha value is -3.29. The fraction of sp³-hybridized carbons (Fsp3) is 0.286. The third kappa shape index (κ3) is 3.37. The molecular formula is C28H22ClNO5S. The quantitative estimate of drug-likeness (QED) is 0.359. The molecule has 36 heavy (non-hydrogen) atoms. The molecule has 3 aliphatic carbocycles. The number of thiophene rings is 1. The van der Waals surface area contributed by atoms with Crippen LogP contribution in [0.15, 0.2) is 70.2 Å². The Kier molecular flexibility index (Phi) is 5.39. The number of Topliss-reactive ketones (excluding diaryl/α,β-unsaturated/α-hetero) is 1. The molecule has 0 saturated carbocycles. The number of carbonyl (C=O) groups excluding carboxylic acids is 4. The lowest BCUT2D eigenvalue weighted by Crippen LogP contribution is -2.39. The molecule has 6 rings (SSSR count). The Morgan fingerprint density at radius 3 is 2.64 bits per heavy atom. The fourth-order valence-electron chi connectivity index (χ4n) is 6.27. The van der Waals surface area contributed by atoms with Crippen LogP contribution in [0.2, 0.25) is 5.02 Å². The molecule has 0 unspecified atom stereocenters. The molecule has 1 aromatic carbocycles. The second-order valence-electron chi connectivity index (χ2n) is 9.78. The number of amides is 2. The highest BCUT2D eigenvalue weighted by Crippen LogP contribution is 2.56. The summed E-state index contributed by atoms with van der Waals surface area (Å²) in [5, 5.41) is 12.1. The summed E-state index contributed by atoms with van der Waals surface area (Å²) >= 11 is 8.05. The van der Waals surface area contributed by atoms with Crippen molar-refractivity contribution in [2.75, 3.05) is 0 Å². The summed E-state index contributed by atoms with van der Waals surface area (Å²) in [6, 6.07) is 8.37. The standard InChI is InChI=1S/C28H22ClNO5S/c1-13-9-22(32)25-20(26(13)33)11-19-16(23(25)17-5-4-14(31)10-21(17)29)6-7-18-24(19)28(35)30(27(18)34)12-15-3-2-8-36-15/h2-6,8-10,18-19,23-24,31H,7,11-12H2,1H3/t18-,19+,23+,24-/m0/s1. The molecule has 4 atom stereocenters. The Labute approximate surface area is 216 Å². The third-order valence-electron chi connectivity index (χ3n) is 7.84. The molecule has 4 aliphatic rings. The van der Waals surface area contributed by atoms with Crippen LogP contribution in [0, 0.1) is 17.8 Å². The lowest BCUT2D eigenvalue weighted by atomic mass is 9.59. The van der Waals surface area contributed by atoms with Crippen LogP contribution < -0.4 is 0 Å². The molecule has 1 aliphatic heterocycles. The van der Waals surface area contributed by atoms with E-state index in [4.69, 9.17) is 11.6 Å². The van der Waals surface area contributed by atoms with Crippen molar-refractivity contribution < 1.29 is 24.3 Å². The maximum Gasteiger partial charge on any atom is 0.234 e. The number of nitrogens with zero attached hydrogens (tertiary/aromatic N) is 1. The van der Waals surface area contributed by atoms with Gasteiger partial charge in [-0.05, 0) is 60.9 Å².